The van der Waals surface area contributed by atoms with Gasteiger partial charge >= 0.3 is 0 Å². The van der Waals surface area contributed by atoms with Gasteiger partial charge in [-0.05, 0) is 36.5 Å². The highest BCUT2D eigenvalue weighted by Gasteiger charge is 2.37. The van der Waals surface area contributed by atoms with Crippen LogP contribution in [-0.2, 0) is 10.0 Å². The zero-order valence-corrected chi connectivity index (χ0v) is 16.5. The molecule has 0 amide bonds. The summed E-state index contributed by atoms with van der Waals surface area (Å²) in [5.41, 5.74) is 1.15. The van der Waals surface area contributed by atoms with Crippen molar-refractivity contribution < 1.29 is 8.42 Å². The molecule has 0 bridgehead atoms. The molecule has 1 saturated carbocycles. The van der Waals surface area contributed by atoms with Crippen LogP contribution in [-0.4, -0.2) is 73.8 Å². The summed E-state index contributed by atoms with van der Waals surface area (Å²) in [5, 5.41) is 0. The second-order valence-electron chi connectivity index (χ2n) is 7.74. The normalized spacial score (nSPS) is 22.2. The van der Waals surface area contributed by atoms with E-state index in [1.54, 1.807) is 12.1 Å². The van der Waals surface area contributed by atoms with E-state index in [2.05, 4.69) is 28.6 Å². The van der Waals surface area contributed by atoms with E-state index in [4.69, 9.17) is 0 Å². The lowest BCUT2D eigenvalue weighted by molar-refractivity contribution is 0.169. The molecule has 2 fully saturated rings. The van der Waals surface area contributed by atoms with E-state index in [0.717, 1.165) is 37.8 Å². The minimum atomic E-state index is -3.55. The number of sulfonamides is 1. The summed E-state index contributed by atoms with van der Waals surface area (Å²) >= 11 is 0. The van der Waals surface area contributed by atoms with E-state index < -0.39 is 10.0 Å². The maximum absolute atomic E-state index is 13.2. The van der Waals surface area contributed by atoms with Gasteiger partial charge in [-0.15, -0.1) is 0 Å². The third-order valence-corrected chi connectivity index (χ3v) is 7.37. The highest BCUT2D eigenvalue weighted by Crippen LogP contribution is 2.28. The zero-order chi connectivity index (χ0) is 18.3. The lowest BCUT2D eigenvalue weighted by Gasteiger charge is -2.38. The second-order valence-corrected chi connectivity index (χ2v) is 9.60. The van der Waals surface area contributed by atoms with Crippen molar-refractivity contribution in [3.8, 4) is 0 Å². The minimum absolute atomic E-state index is 0.355. The van der Waals surface area contributed by atoms with Crippen LogP contribution < -0.4 is 0 Å². The predicted octanol–water partition coefficient (Wildman–Crippen LogP) is 1.95. The molecular weight excluding hydrogens is 348 g/mol. The highest BCUT2D eigenvalue weighted by molar-refractivity contribution is 7.89. The summed E-state index contributed by atoms with van der Waals surface area (Å²) in [6.45, 7) is 8.91. The first-order valence-corrected chi connectivity index (χ1v) is 11.1. The van der Waals surface area contributed by atoms with Crippen LogP contribution >= 0.6 is 0 Å². The van der Waals surface area contributed by atoms with Gasteiger partial charge in [0.05, 0.1) is 18.0 Å². The Labute approximate surface area is 156 Å². The number of guanidine groups is 1. The van der Waals surface area contributed by atoms with Gasteiger partial charge in [-0.25, -0.2) is 12.7 Å². The van der Waals surface area contributed by atoms with E-state index in [-0.39, 0.29) is 0 Å². The van der Waals surface area contributed by atoms with Gasteiger partial charge in [-0.1, -0.05) is 26.0 Å². The first kappa shape index (κ1) is 17.8. The number of piperazine rings is 1. The molecule has 3 aliphatic rings. The highest BCUT2D eigenvalue weighted by atomic mass is 32.2. The third kappa shape index (κ3) is 3.34. The molecule has 7 heteroatoms. The summed E-state index contributed by atoms with van der Waals surface area (Å²) in [5.74, 6) is 1.02. The monoisotopic (exact) mass is 376 g/mol. The number of aliphatic imine (C=N–C) groups is 1. The molecule has 0 atom stereocenters. The smallest absolute Gasteiger partial charge is 0.266 e. The molecule has 1 aromatic rings. The standard InChI is InChI=1S/C19H28N4O2S/c1-15(2)16-3-7-18(8-4-16)26(24,25)23-10-9-20-19(23)22-13-11-21(12-14-22)17-5-6-17/h3-4,7-8,15,17H,5-6,9-14H2,1-2H3. The summed E-state index contributed by atoms with van der Waals surface area (Å²) in [4.78, 5) is 9.56. The molecule has 2 heterocycles. The fourth-order valence-corrected chi connectivity index (χ4v) is 5.23. The van der Waals surface area contributed by atoms with Gasteiger partial charge in [0, 0.05) is 32.2 Å². The van der Waals surface area contributed by atoms with Crippen LogP contribution in [0.5, 0.6) is 0 Å². The van der Waals surface area contributed by atoms with Crippen molar-refractivity contribution in [3.63, 3.8) is 0 Å². The van der Waals surface area contributed by atoms with Crippen molar-refractivity contribution >= 4 is 16.0 Å². The number of rotatable bonds is 4. The molecule has 0 aromatic heterocycles. The number of nitrogens with zero attached hydrogens (tertiary/aromatic N) is 4. The van der Waals surface area contributed by atoms with Gasteiger partial charge in [0.1, 0.15) is 0 Å². The molecule has 0 unspecified atom stereocenters. The molecule has 6 nitrogen and oxygen atoms in total. The molecule has 4 rings (SSSR count). The summed E-state index contributed by atoms with van der Waals surface area (Å²) < 4.78 is 27.8. The fourth-order valence-electron chi connectivity index (χ4n) is 3.78. The van der Waals surface area contributed by atoms with Crippen LogP contribution in [0, 0.1) is 0 Å². The zero-order valence-electron chi connectivity index (χ0n) is 15.6. The maximum Gasteiger partial charge on any atom is 0.266 e. The fraction of sp³-hybridized carbons (Fsp3) is 0.632. The van der Waals surface area contributed by atoms with E-state index >= 15 is 0 Å². The third-order valence-electron chi connectivity index (χ3n) is 5.57. The van der Waals surface area contributed by atoms with Gasteiger partial charge in [0.2, 0.25) is 5.96 Å². The largest absolute Gasteiger partial charge is 0.339 e. The Hall–Kier alpha value is -1.60. The minimum Gasteiger partial charge on any atom is -0.339 e. The molecule has 142 valence electrons. The van der Waals surface area contributed by atoms with E-state index in [1.807, 2.05) is 12.1 Å². The lowest BCUT2D eigenvalue weighted by Crippen LogP contribution is -2.53. The van der Waals surface area contributed by atoms with E-state index in [9.17, 15) is 8.42 Å². The molecule has 0 N–H and O–H groups in total. The van der Waals surface area contributed by atoms with Gasteiger partial charge in [0.15, 0.2) is 0 Å². The molecule has 1 aromatic carbocycles. The van der Waals surface area contributed by atoms with Crippen molar-refractivity contribution in [2.45, 2.75) is 43.5 Å². The number of benzene rings is 1. The van der Waals surface area contributed by atoms with Crippen LogP contribution in [0.1, 0.15) is 38.2 Å². The van der Waals surface area contributed by atoms with E-state index in [1.165, 1.54) is 17.1 Å². The molecule has 26 heavy (non-hydrogen) atoms. The first-order chi connectivity index (χ1) is 12.5. The Bertz CT molecular complexity index is 776. The maximum atomic E-state index is 13.2. The molecular formula is C19H28N4O2S. The SMILES string of the molecule is CC(C)c1ccc(S(=O)(=O)N2CCN=C2N2CCN(C3CC3)CC2)cc1. The average molecular weight is 377 g/mol. The van der Waals surface area contributed by atoms with Crippen molar-refractivity contribution in [1.82, 2.24) is 14.1 Å². The van der Waals surface area contributed by atoms with Gasteiger partial charge in [-0.2, -0.15) is 0 Å². The van der Waals surface area contributed by atoms with Crippen LogP contribution in [0.25, 0.3) is 0 Å². The Morgan fingerprint density at radius 3 is 2.23 bits per heavy atom. The topological polar surface area (TPSA) is 56.2 Å². The quantitative estimate of drug-likeness (QED) is 0.806. The van der Waals surface area contributed by atoms with Gasteiger partial charge < -0.3 is 4.90 Å². The molecule has 2 aliphatic heterocycles. The second kappa shape index (κ2) is 6.85. The van der Waals surface area contributed by atoms with Gasteiger partial charge in [0.25, 0.3) is 10.0 Å². The van der Waals surface area contributed by atoms with E-state index in [0.29, 0.717) is 29.9 Å². The Balaban J connectivity index is 1.49. The molecule has 1 saturated heterocycles. The first-order valence-electron chi connectivity index (χ1n) is 9.63. The Kier molecular flexibility index (Phi) is 4.69. The summed E-state index contributed by atoms with van der Waals surface area (Å²) in [6.07, 6.45) is 2.63. The van der Waals surface area contributed by atoms with Crippen LogP contribution in [0.2, 0.25) is 0 Å². The predicted molar refractivity (Wildman–Crippen MR) is 103 cm³/mol. The Morgan fingerprint density at radius 2 is 1.65 bits per heavy atom. The Morgan fingerprint density at radius 1 is 1.00 bits per heavy atom. The molecule has 0 spiro atoms. The van der Waals surface area contributed by atoms with Crippen LogP contribution in [0.15, 0.2) is 34.2 Å². The van der Waals surface area contributed by atoms with Gasteiger partial charge in [-0.3, -0.25) is 9.89 Å². The van der Waals surface area contributed by atoms with Crippen molar-refractivity contribution in [1.29, 1.82) is 0 Å². The van der Waals surface area contributed by atoms with Crippen molar-refractivity contribution in [3.05, 3.63) is 29.8 Å². The average Bonchev–Trinajstić information content (AvgIpc) is 3.37. The molecule has 1 aliphatic carbocycles. The number of hydrogen-bond donors (Lipinski definition) is 0. The van der Waals surface area contributed by atoms with Crippen LogP contribution in [0.4, 0.5) is 0 Å². The lowest BCUT2D eigenvalue weighted by atomic mass is 10.0. The van der Waals surface area contributed by atoms with Crippen LogP contribution in [0.3, 0.4) is 0 Å². The summed E-state index contributed by atoms with van der Waals surface area (Å²) in [7, 11) is -3.55. The van der Waals surface area contributed by atoms with Crippen molar-refractivity contribution in [2.24, 2.45) is 4.99 Å². The summed E-state index contributed by atoms with van der Waals surface area (Å²) in [6, 6.07) is 8.05. The number of hydrogen-bond acceptors (Lipinski definition) is 5. The molecule has 0 radical (unpaired) electrons. The van der Waals surface area contributed by atoms with Crippen molar-refractivity contribution in [2.75, 3.05) is 39.3 Å².